The minimum Gasteiger partial charge on any atom is -0.456 e. The molecule has 0 saturated heterocycles. The van der Waals surface area contributed by atoms with Gasteiger partial charge in [-0.3, -0.25) is 0 Å². The predicted octanol–water partition coefficient (Wildman–Crippen LogP) is 13.1. The minimum atomic E-state index is 0.246. The molecule has 1 aromatic heterocycles. The molecule has 8 aromatic rings. The molecule has 2 unspecified atom stereocenters. The highest BCUT2D eigenvalue weighted by Gasteiger charge is 2.37. The van der Waals surface area contributed by atoms with Crippen LogP contribution in [0.15, 0.2) is 180 Å². The third kappa shape index (κ3) is 4.64. The van der Waals surface area contributed by atoms with Crippen molar-refractivity contribution < 1.29 is 4.42 Å². The fourth-order valence-electron chi connectivity index (χ4n) is 9.11. The van der Waals surface area contributed by atoms with E-state index in [1.54, 1.807) is 0 Å². The number of nitrogens with zero attached hydrogens (tertiary/aromatic N) is 1. The summed E-state index contributed by atoms with van der Waals surface area (Å²) in [6.07, 6.45) is 7.06. The molecule has 0 saturated carbocycles. The molecule has 0 aliphatic heterocycles. The lowest BCUT2D eigenvalue weighted by atomic mass is 9.76. The molecule has 246 valence electrons. The second-order valence-electron chi connectivity index (χ2n) is 14.5. The van der Waals surface area contributed by atoms with Crippen molar-refractivity contribution in [1.82, 2.24) is 0 Å². The molecule has 0 amide bonds. The lowest BCUT2D eigenvalue weighted by molar-refractivity contribution is 0.651. The number of hydrogen-bond donors (Lipinski definition) is 0. The quantitative estimate of drug-likeness (QED) is 0.182. The van der Waals surface area contributed by atoms with Gasteiger partial charge < -0.3 is 9.32 Å². The van der Waals surface area contributed by atoms with E-state index in [1.807, 2.05) is 6.07 Å². The highest BCUT2D eigenvalue weighted by Crippen LogP contribution is 2.53. The van der Waals surface area contributed by atoms with Crippen LogP contribution in [-0.2, 0) is 12.8 Å². The first kappa shape index (κ1) is 29.4. The Morgan fingerprint density at radius 1 is 0.500 bits per heavy atom. The molecule has 3 aliphatic rings. The number of benzene rings is 7. The van der Waals surface area contributed by atoms with Crippen LogP contribution in [0.2, 0.25) is 0 Å². The zero-order valence-corrected chi connectivity index (χ0v) is 28.7. The van der Waals surface area contributed by atoms with Crippen molar-refractivity contribution in [3.63, 3.8) is 0 Å². The molecule has 11 rings (SSSR count). The van der Waals surface area contributed by atoms with Crippen LogP contribution in [0, 0.1) is 5.92 Å². The molecule has 1 heterocycles. The zero-order chi connectivity index (χ0) is 34.2. The molecule has 0 spiro atoms. The van der Waals surface area contributed by atoms with Gasteiger partial charge in [-0.15, -0.1) is 0 Å². The van der Waals surface area contributed by atoms with E-state index in [-0.39, 0.29) is 5.92 Å². The molecule has 0 fully saturated rings. The number of para-hydroxylation sites is 3. The second-order valence-corrected chi connectivity index (χ2v) is 14.5. The van der Waals surface area contributed by atoms with Crippen LogP contribution in [0.3, 0.4) is 0 Å². The second kappa shape index (κ2) is 11.6. The van der Waals surface area contributed by atoms with Crippen LogP contribution in [-0.4, -0.2) is 0 Å². The van der Waals surface area contributed by atoms with Gasteiger partial charge in [-0.05, 0) is 135 Å². The Balaban J connectivity index is 1.08. The van der Waals surface area contributed by atoms with E-state index in [0.717, 1.165) is 46.2 Å². The Hall–Kier alpha value is -6.38. The van der Waals surface area contributed by atoms with Crippen molar-refractivity contribution in [2.24, 2.45) is 5.92 Å². The number of furan rings is 1. The van der Waals surface area contributed by atoms with Crippen LogP contribution in [0.25, 0.3) is 44.2 Å². The summed E-state index contributed by atoms with van der Waals surface area (Å²) in [6, 6.07) is 59.8. The Labute approximate surface area is 303 Å². The van der Waals surface area contributed by atoms with Gasteiger partial charge in [0.25, 0.3) is 0 Å². The molecule has 2 atom stereocenters. The van der Waals surface area contributed by atoms with Crippen molar-refractivity contribution in [1.29, 1.82) is 0 Å². The maximum atomic E-state index is 6.24. The monoisotopic (exact) mass is 665 g/mol. The van der Waals surface area contributed by atoms with E-state index in [4.69, 9.17) is 4.42 Å². The molecule has 2 heteroatoms. The maximum Gasteiger partial charge on any atom is 0.135 e. The molecule has 7 aromatic carbocycles. The molecule has 3 aliphatic carbocycles. The number of hydrogen-bond acceptors (Lipinski definition) is 2. The van der Waals surface area contributed by atoms with E-state index in [2.05, 4.69) is 175 Å². The van der Waals surface area contributed by atoms with Crippen molar-refractivity contribution in [3.8, 4) is 11.1 Å². The molecule has 0 bridgehead atoms. The average Bonchev–Trinajstić information content (AvgIpc) is 3.89. The molecule has 2 nitrogen and oxygen atoms in total. The van der Waals surface area contributed by atoms with Crippen LogP contribution in [0.1, 0.15) is 39.3 Å². The van der Waals surface area contributed by atoms with Gasteiger partial charge in [-0.25, -0.2) is 0 Å². The third-order valence-electron chi connectivity index (χ3n) is 11.6. The summed E-state index contributed by atoms with van der Waals surface area (Å²) in [5.74, 6) is 0.597. The summed E-state index contributed by atoms with van der Waals surface area (Å²) >= 11 is 0. The summed E-state index contributed by atoms with van der Waals surface area (Å²) in [4.78, 5) is 2.38. The lowest BCUT2D eigenvalue weighted by Gasteiger charge is -2.29. The Morgan fingerprint density at radius 2 is 1.19 bits per heavy atom. The Kier molecular flexibility index (Phi) is 6.54. The Bertz CT molecular complexity index is 2710. The van der Waals surface area contributed by atoms with E-state index >= 15 is 0 Å². The van der Waals surface area contributed by atoms with Crippen molar-refractivity contribution >= 4 is 50.1 Å². The highest BCUT2D eigenvalue weighted by molar-refractivity contribution is 6.06. The van der Waals surface area contributed by atoms with Crippen LogP contribution in [0.4, 0.5) is 17.1 Å². The smallest absolute Gasteiger partial charge is 0.135 e. The molecular weight excluding hydrogens is 631 g/mol. The first-order valence-electron chi connectivity index (χ1n) is 18.3. The van der Waals surface area contributed by atoms with Gasteiger partial charge in [0.1, 0.15) is 11.2 Å². The van der Waals surface area contributed by atoms with Crippen LogP contribution < -0.4 is 4.90 Å². The van der Waals surface area contributed by atoms with Gasteiger partial charge in [-0.2, -0.15) is 0 Å². The third-order valence-corrected chi connectivity index (χ3v) is 11.6. The molecule has 52 heavy (non-hydrogen) atoms. The van der Waals surface area contributed by atoms with Crippen molar-refractivity contribution in [3.05, 3.63) is 209 Å². The fourth-order valence-corrected chi connectivity index (χ4v) is 9.11. The average molecular weight is 666 g/mol. The summed E-state index contributed by atoms with van der Waals surface area (Å²) < 4.78 is 6.24. The largest absolute Gasteiger partial charge is 0.456 e. The van der Waals surface area contributed by atoms with Gasteiger partial charge in [0.2, 0.25) is 0 Å². The number of allylic oxidation sites excluding steroid dienone is 4. The van der Waals surface area contributed by atoms with Gasteiger partial charge in [0, 0.05) is 33.8 Å². The molecular formula is C50H35NO. The van der Waals surface area contributed by atoms with Gasteiger partial charge in [0.15, 0.2) is 0 Å². The topological polar surface area (TPSA) is 16.4 Å². The molecule has 0 N–H and O–H groups in total. The van der Waals surface area contributed by atoms with Crippen molar-refractivity contribution in [2.75, 3.05) is 4.90 Å². The minimum absolute atomic E-state index is 0.246. The van der Waals surface area contributed by atoms with Gasteiger partial charge >= 0.3 is 0 Å². The van der Waals surface area contributed by atoms with E-state index in [0.29, 0.717) is 5.92 Å². The standard InChI is InChI=1S/C50H35NO/c1-3-12-38(13-4-1)51(39-14-5-2-6-15-39)40-23-21-36-28-46-44(35-20-19-34-25-33-11-7-8-16-41(33)43(34)27-35)29-37(30-47(46)45(36)31-40)32-22-24-50-48(26-32)42-17-9-10-18-49(42)52-50/h1-24,26-27,29-31,46-47H,25,28H2. The van der Waals surface area contributed by atoms with E-state index in [9.17, 15) is 0 Å². The molecule has 0 radical (unpaired) electrons. The van der Waals surface area contributed by atoms with Crippen LogP contribution in [0.5, 0.6) is 0 Å². The normalized spacial score (nSPS) is 16.9. The summed E-state index contributed by atoms with van der Waals surface area (Å²) in [5, 5.41) is 2.32. The first-order valence-corrected chi connectivity index (χ1v) is 18.3. The summed E-state index contributed by atoms with van der Waals surface area (Å²) in [6.45, 7) is 0. The fraction of sp³-hybridized carbons (Fsp3) is 0.0800. The zero-order valence-electron chi connectivity index (χ0n) is 28.7. The number of rotatable bonds is 5. The first-order chi connectivity index (χ1) is 25.7. The van der Waals surface area contributed by atoms with Gasteiger partial charge in [0.05, 0.1) is 0 Å². The predicted molar refractivity (Wildman–Crippen MR) is 215 cm³/mol. The number of fused-ring (bicyclic) bond motifs is 9. The number of anilines is 3. The SMILES string of the molecule is C1=C(c2ccc3oc4ccccc4c3c2)C=C(c2ccc3c(c2)-c2ccccc2C3)C2Cc3ccc(N(c4ccccc4)c4ccccc4)cc3C12. The van der Waals surface area contributed by atoms with Crippen molar-refractivity contribution in [2.45, 2.75) is 18.8 Å². The summed E-state index contributed by atoms with van der Waals surface area (Å²) in [7, 11) is 0. The Morgan fingerprint density at radius 3 is 2.04 bits per heavy atom. The van der Waals surface area contributed by atoms with E-state index in [1.165, 1.54) is 61.3 Å². The maximum absolute atomic E-state index is 6.24. The van der Waals surface area contributed by atoms with E-state index < -0.39 is 0 Å². The van der Waals surface area contributed by atoms with Gasteiger partial charge in [-0.1, -0.05) is 115 Å². The highest BCUT2D eigenvalue weighted by atomic mass is 16.3. The van der Waals surface area contributed by atoms with Crippen LogP contribution >= 0.6 is 0 Å². The lowest BCUT2D eigenvalue weighted by Crippen LogP contribution is -2.14. The summed E-state index contributed by atoms with van der Waals surface area (Å²) in [5.41, 5.74) is 19.1.